The van der Waals surface area contributed by atoms with Crippen LogP contribution in [0.1, 0.15) is 30.6 Å². The van der Waals surface area contributed by atoms with Gasteiger partial charge < -0.3 is 9.64 Å². The second-order valence-corrected chi connectivity index (χ2v) is 5.23. The van der Waals surface area contributed by atoms with Crippen molar-refractivity contribution >= 4 is 21.8 Å². The Morgan fingerprint density at radius 2 is 2.21 bits per heavy atom. The van der Waals surface area contributed by atoms with E-state index in [2.05, 4.69) is 15.9 Å². The minimum absolute atomic E-state index is 0.111. The van der Waals surface area contributed by atoms with Crippen LogP contribution in [0.5, 0.6) is 0 Å². The number of carbonyl (C=O) groups is 1. The molecule has 5 heteroatoms. The molecule has 1 atom stereocenters. The second kappa shape index (κ2) is 7.60. The first-order chi connectivity index (χ1) is 9.01. The van der Waals surface area contributed by atoms with Gasteiger partial charge in [-0.15, -0.1) is 0 Å². The Bertz CT molecular complexity index is 439. The van der Waals surface area contributed by atoms with Gasteiger partial charge in [-0.3, -0.25) is 4.79 Å². The van der Waals surface area contributed by atoms with Gasteiger partial charge in [0, 0.05) is 24.2 Å². The van der Waals surface area contributed by atoms with Crippen molar-refractivity contribution in [1.29, 1.82) is 0 Å². The zero-order chi connectivity index (χ0) is 14.4. The number of nitrogens with zero attached hydrogens (tertiary/aromatic N) is 1. The van der Waals surface area contributed by atoms with Gasteiger partial charge >= 0.3 is 0 Å². The quantitative estimate of drug-likeness (QED) is 0.798. The molecule has 3 nitrogen and oxygen atoms in total. The number of hydrogen-bond acceptors (Lipinski definition) is 2. The Kier molecular flexibility index (Phi) is 6.45. The zero-order valence-electron chi connectivity index (χ0n) is 11.5. The van der Waals surface area contributed by atoms with Crippen molar-refractivity contribution in [3.8, 4) is 0 Å². The molecule has 0 spiro atoms. The van der Waals surface area contributed by atoms with Gasteiger partial charge in [0.2, 0.25) is 0 Å². The van der Waals surface area contributed by atoms with Gasteiger partial charge in [0.15, 0.2) is 0 Å². The van der Waals surface area contributed by atoms with Crippen LogP contribution in [-0.2, 0) is 4.74 Å². The van der Waals surface area contributed by atoms with E-state index in [1.54, 1.807) is 12.0 Å². The number of methoxy groups -OCH3 is 1. The Labute approximate surface area is 121 Å². The summed E-state index contributed by atoms with van der Waals surface area (Å²) >= 11 is 3.24. The Hall–Kier alpha value is -0.940. The smallest absolute Gasteiger partial charge is 0.255 e. The van der Waals surface area contributed by atoms with Gasteiger partial charge in [-0.2, -0.15) is 0 Å². The first-order valence-corrected chi connectivity index (χ1v) is 7.05. The third-order valence-corrected chi connectivity index (χ3v) is 3.74. The largest absolute Gasteiger partial charge is 0.383 e. The molecule has 1 aromatic rings. The number of carbonyl (C=O) groups excluding carboxylic acids is 1. The van der Waals surface area contributed by atoms with Crippen LogP contribution < -0.4 is 0 Å². The molecule has 0 bridgehead atoms. The van der Waals surface area contributed by atoms with Crippen molar-refractivity contribution in [3.63, 3.8) is 0 Å². The molecule has 0 radical (unpaired) electrons. The molecule has 0 aromatic heterocycles. The first kappa shape index (κ1) is 16.1. The molecule has 0 aliphatic carbocycles. The lowest BCUT2D eigenvalue weighted by atomic mass is 10.1. The van der Waals surface area contributed by atoms with E-state index in [4.69, 9.17) is 4.74 Å². The number of halogens is 2. The molecule has 0 aliphatic heterocycles. The molecule has 1 unspecified atom stereocenters. The summed E-state index contributed by atoms with van der Waals surface area (Å²) in [6.45, 7) is 5.02. The normalized spacial score (nSPS) is 12.3. The van der Waals surface area contributed by atoms with Gasteiger partial charge in [0.1, 0.15) is 5.82 Å². The molecule has 0 fully saturated rings. The van der Waals surface area contributed by atoms with E-state index in [9.17, 15) is 9.18 Å². The molecule has 0 heterocycles. The summed E-state index contributed by atoms with van der Waals surface area (Å²) in [5.41, 5.74) is 0.470. The fraction of sp³-hybridized carbons (Fsp3) is 0.500. The standard InChI is InChI=1S/C14H19BrFNO2/c1-4-10(2)17(7-8-19-3)14(18)12-6-5-11(16)9-13(12)15/h5-6,9-10H,4,7-8H2,1-3H3. The summed E-state index contributed by atoms with van der Waals surface area (Å²) in [5, 5.41) is 0. The molecule has 19 heavy (non-hydrogen) atoms. The summed E-state index contributed by atoms with van der Waals surface area (Å²) in [4.78, 5) is 14.3. The second-order valence-electron chi connectivity index (χ2n) is 4.37. The lowest BCUT2D eigenvalue weighted by Crippen LogP contribution is -2.40. The zero-order valence-corrected chi connectivity index (χ0v) is 13.0. The number of rotatable bonds is 6. The molecule has 0 aliphatic rings. The highest BCUT2D eigenvalue weighted by Gasteiger charge is 2.22. The van der Waals surface area contributed by atoms with Gasteiger partial charge in [-0.25, -0.2) is 4.39 Å². The maximum absolute atomic E-state index is 13.1. The highest BCUT2D eigenvalue weighted by atomic mass is 79.9. The predicted molar refractivity (Wildman–Crippen MR) is 76.8 cm³/mol. The first-order valence-electron chi connectivity index (χ1n) is 6.26. The third-order valence-electron chi connectivity index (χ3n) is 3.08. The highest BCUT2D eigenvalue weighted by molar-refractivity contribution is 9.10. The molecule has 106 valence electrons. The highest BCUT2D eigenvalue weighted by Crippen LogP contribution is 2.21. The summed E-state index contributed by atoms with van der Waals surface area (Å²) in [7, 11) is 1.60. The molecular formula is C14H19BrFNO2. The number of ether oxygens (including phenoxy) is 1. The van der Waals surface area contributed by atoms with Crippen LogP contribution in [0.25, 0.3) is 0 Å². The van der Waals surface area contributed by atoms with Crippen molar-refractivity contribution in [2.24, 2.45) is 0 Å². The third kappa shape index (κ3) is 4.28. The van der Waals surface area contributed by atoms with E-state index in [1.807, 2.05) is 13.8 Å². The van der Waals surface area contributed by atoms with Gasteiger partial charge in [-0.05, 0) is 47.5 Å². The molecule has 0 saturated carbocycles. The average Bonchev–Trinajstić information content (AvgIpc) is 2.38. The lowest BCUT2D eigenvalue weighted by molar-refractivity contribution is 0.0613. The van der Waals surface area contributed by atoms with Crippen LogP contribution in [0.2, 0.25) is 0 Å². The molecule has 1 rings (SSSR count). The minimum Gasteiger partial charge on any atom is -0.383 e. The van der Waals surface area contributed by atoms with Gasteiger partial charge in [0.05, 0.1) is 12.2 Å². The summed E-state index contributed by atoms with van der Waals surface area (Å²) < 4.78 is 18.6. The van der Waals surface area contributed by atoms with E-state index in [1.165, 1.54) is 18.2 Å². The fourth-order valence-electron chi connectivity index (χ4n) is 1.75. The Balaban J connectivity index is 2.97. The maximum atomic E-state index is 13.1. The number of benzene rings is 1. The van der Waals surface area contributed by atoms with Crippen LogP contribution in [0, 0.1) is 5.82 Å². The van der Waals surface area contributed by atoms with Crippen LogP contribution in [0.3, 0.4) is 0 Å². The van der Waals surface area contributed by atoms with Crippen molar-refractivity contribution < 1.29 is 13.9 Å². The maximum Gasteiger partial charge on any atom is 0.255 e. The SMILES string of the molecule is CCC(C)N(CCOC)C(=O)c1ccc(F)cc1Br. The monoisotopic (exact) mass is 331 g/mol. The predicted octanol–water partition coefficient (Wildman–Crippen LogP) is 3.48. The summed E-state index contributed by atoms with van der Waals surface area (Å²) in [5.74, 6) is -0.478. The van der Waals surface area contributed by atoms with E-state index in [-0.39, 0.29) is 17.8 Å². The molecule has 0 saturated heterocycles. The van der Waals surface area contributed by atoms with Crippen molar-refractivity contribution in [3.05, 3.63) is 34.1 Å². The average molecular weight is 332 g/mol. The summed E-state index contributed by atoms with van der Waals surface area (Å²) in [6.07, 6.45) is 0.855. The van der Waals surface area contributed by atoms with E-state index < -0.39 is 0 Å². The molecule has 1 amide bonds. The topological polar surface area (TPSA) is 29.5 Å². The van der Waals surface area contributed by atoms with E-state index in [0.717, 1.165) is 6.42 Å². The Morgan fingerprint density at radius 1 is 1.53 bits per heavy atom. The van der Waals surface area contributed by atoms with Crippen LogP contribution in [0.15, 0.2) is 22.7 Å². The Morgan fingerprint density at radius 3 is 2.74 bits per heavy atom. The molecule has 0 N–H and O–H groups in total. The van der Waals surface area contributed by atoms with E-state index >= 15 is 0 Å². The van der Waals surface area contributed by atoms with E-state index in [0.29, 0.717) is 23.2 Å². The van der Waals surface area contributed by atoms with Crippen molar-refractivity contribution in [2.45, 2.75) is 26.3 Å². The van der Waals surface area contributed by atoms with Gasteiger partial charge in [0.25, 0.3) is 5.91 Å². The fourth-order valence-corrected chi connectivity index (χ4v) is 2.27. The van der Waals surface area contributed by atoms with Crippen LogP contribution in [-0.4, -0.2) is 37.1 Å². The summed E-state index contributed by atoms with van der Waals surface area (Å²) in [6, 6.07) is 4.21. The lowest BCUT2D eigenvalue weighted by Gasteiger charge is -2.28. The minimum atomic E-state index is -0.365. The van der Waals surface area contributed by atoms with Gasteiger partial charge in [-0.1, -0.05) is 6.92 Å². The van der Waals surface area contributed by atoms with Crippen LogP contribution >= 0.6 is 15.9 Å². The van der Waals surface area contributed by atoms with Crippen molar-refractivity contribution in [2.75, 3.05) is 20.3 Å². The van der Waals surface area contributed by atoms with Crippen molar-refractivity contribution in [1.82, 2.24) is 4.90 Å². The van der Waals surface area contributed by atoms with Crippen LogP contribution in [0.4, 0.5) is 4.39 Å². The molecule has 1 aromatic carbocycles. The molecular weight excluding hydrogens is 313 g/mol. The number of hydrogen-bond donors (Lipinski definition) is 0. The number of amides is 1.